The van der Waals surface area contributed by atoms with Crippen LogP contribution < -0.4 is 24.8 Å². The fraction of sp³-hybridized carbons (Fsp3) is 0.452. The van der Waals surface area contributed by atoms with Crippen molar-refractivity contribution in [2.75, 3.05) is 0 Å². The zero-order chi connectivity index (χ0) is 24.8. The van der Waals surface area contributed by atoms with Gasteiger partial charge in [-0.25, -0.2) is 12.1 Å². The van der Waals surface area contributed by atoms with Crippen LogP contribution in [0.15, 0.2) is 54.6 Å². The van der Waals surface area contributed by atoms with E-state index in [0.717, 1.165) is 6.42 Å². The number of halogens is 2. The summed E-state index contributed by atoms with van der Waals surface area (Å²) >= 11 is 1.80. The van der Waals surface area contributed by atoms with Crippen molar-refractivity contribution in [3.63, 3.8) is 0 Å². The van der Waals surface area contributed by atoms with E-state index in [4.69, 9.17) is 0 Å². The van der Waals surface area contributed by atoms with Crippen molar-refractivity contribution >= 4 is 5.43 Å². The zero-order valence-electron chi connectivity index (χ0n) is 23.1. The van der Waals surface area contributed by atoms with Crippen molar-refractivity contribution < 1.29 is 48.1 Å². The predicted octanol–water partition coefficient (Wildman–Crippen LogP) is 2.94. The van der Waals surface area contributed by atoms with Crippen molar-refractivity contribution in [3.05, 3.63) is 88.5 Å². The number of rotatable bonds is 2. The van der Waals surface area contributed by atoms with Crippen LogP contribution in [0.3, 0.4) is 0 Å². The molecule has 0 spiro atoms. The molecule has 3 aromatic rings. The predicted molar refractivity (Wildman–Crippen MR) is 144 cm³/mol. The summed E-state index contributed by atoms with van der Waals surface area (Å²) in [6, 6.07) is 26.4. The molecule has 0 aromatic heterocycles. The zero-order valence-corrected chi connectivity index (χ0v) is 28.0. The van der Waals surface area contributed by atoms with Crippen LogP contribution in [0.2, 0.25) is 12.1 Å². The molecular weight excluding hydrogens is 563 g/mol. The Kier molecular flexibility index (Phi) is 14.8. The first kappa shape index (κ1) is 34.5. The van der Waals surface area contributed by atoms with Crippen LogP contribution in [0, 0.1) is 13.0 Å². The Balaban J connectivity index is 0.000000688. The summed E-state index contributed by atoms with van der Waals surface area (Å²) in [4.78, 5) is 0. The number of hydrogen-bond acceptors (Lipinski definition) is 0. The van der Waals surface area contributed by atoms with Gasteiger partial charge >= 0.3 is 54.7 Å². The smallest absolute Gasteiger partial charge is 0.0635 e. The van der Waals surface area contributed by atoms with E-state index in [-0.39, 0.29) is 41.1 Å². The van der Waals surface area contributed by atoms with Gasteiger partial charge in [-0.05, 0) is 28.4 Å². The normalized spacial score (nSPS) is 11.4. The van der Waals surface area contributed by atoms with Gasteiger partial charge in [0.25, 0.3) is 0 Å². The third kappa shape index (κ3) is 10.4. The van der Waals surface area contributed by atoms with E-state index in [2.05, 4.69) is 111 Å². The third-order valence-electron chi connectivity index (χ3n) is 6.15. The molecule has 35 heavy (non-hydrogen) atoms. The molecule has 0 atom stereocenters. The van der Waals surface area contributed by atoms with E-state index in [1.165, 1.54) is 51.0 Å². The number of aryl methyl sites for hydroxylation is 1. The summed E-state index contributed by atoms with van der Waals surface area (Å²) in [5, 5.41) is 0. The van der Waals surface area contributed by atoms with Crippen LogP contribution in [0.1, 0.15) is 83.2 Å². The van der Waals surface area contributed by atoms with Gasteiger partial charge in [0.05, 0.1) is 0 Å². The summed E-state index contributed by atoms with van der Waals surface area (Å²) in [6.45, 7) is 20.3. The van der Waals surface area contributed by atoms with Gasteiger partial charge in [0.1, 0.15) is 0 Å². The monoisotopic (exact) mass is 602 g/mol. The van der Waals surface area contributed by atoms with Crippen LogP contribution in [-0.2, 0) is 40.6 Å². The first-order valence-electron chi connectivity index (χ1n) is 12.3. The van der Waals surface area contributed by atoms with Crippen LogP contribution in [-0.4, -0.2) is 5.43 Å². The second-order valence-electron chi connectivity index (χ2n) is 11.1. The minimum Gasteiger partial charge on any atom is -1.00 e. The van der Waals surface area contributed by atoms with Gasteiger partial charge in [0, 0.05) is 0 Å². The van der Waals surface area contributed by atoms with Crippen LogP contribution in [0.25, 0.3) is 11.1 Å². The molecule has 1 aliphatic carbocycles. The average Bonchev–Trinajstić information content (AvgIpc) is 3.38. The Morgan fingerprint density at radius 2 is 1.49 bits per heavy atom. The Morgan fingerprint density at radius 1 is 0.886 bits per heavy atom. The largest absolute Gasteiger partial charge is 1.00 e. The molecule has 0 saturated heterocycles. The van der Waals surface area contributed by atoms with Gasteiger partial charge in [0.2, 0.25) is 0 Å². The van der Waals surface area contributed by atoms with E-state index in [1.54, 1.807) is 23.3 Å². The first-order valence-corrected chi connectivity index (χ1v) is 17.9. The number of fused-ring (bicyclic) bond motifs is 3. The van der Waals surface area contributed by atoms with Crippen molar-refractivity contribution in [3.8, 4) is 11.1 Å². The molecule has 0 N–H and O–H groups in total. The second kappa shape index (κ2) is 15.0. The van der Waals surface area contributed by atoms with Crippen molar-refractivity contribution in [2.24, 2.45) is 0 Å². The molecule has 3 aromatic carbocycles. The minimum atomic E-state index is 0. The Labute approximate surface area is 243 Å². The molecule has 0 fully saturated rings. The summed E-state index contributed by atoms with van der Waals surface area (Å²) in [5.41, 5.74) is 10.3. The maximum atomic E-state index is 3.67. The summed E-state index contributed by atoms with van der Waals surface area (Å²) < 4.78 is 0. The van der Waals surface area contributed by atoms with Crippen LogP contribution >= 0.6 is 0 Å². The SMILES string of the molecule is CC(C)(C)c1[c-]c2c(cc1)-c1ccc(C(C)(C)C)cc1C2.CC[Si](=[Zr+2])CC.Cc1ccc[cH-]1.[Cl-].[Cl-]. The van der Waals surface area contributed by atoms with E-state index < -0.39 is 0 Å². The molecular formula is C31H42Cl2SiZr-2. The fourth-order valence-corrected chi connectivity index (χ4v) is 4.25. The van der Waals surface area contributed by atoms with Crippen LogP contribution in [0.5, 0.6) is 0 Å². The van der Waals surface area contributed by atoms with Crippen molar-refractivity contribution in [1.29, 1.82) is 0 Å². The summed E-state index contributed by atoms with van der Waals surface area (Å²) in [7, 11) is 0. The molecule has 4 heteroatoms. The maximum absolute atomic E-state index is 3.67. The Morgan fingerprint density at radius 3 is 1.89 bits per heavy atom. The minimum absolute atomic E-state index is 0. The number of benzene rings is 2. The van der Waals surface area contributed by atoms with Gasteiger partial charge in [-0.1, -0.05) is 72.2 Å². The molecule has 190 valence electrons. The topological polar surface area (TPSA) is 0 Å². The molecule has 4 rings (SSSR count). The van der Waals surface area contributed by atoms with E-state index in [9.17, 15) is 0 Å². The van der Waals surface area contributed by atoms with Gasteiger partial charge in [-0.15, -0.1) is 11.1 Å². The third-order valence-corrected chi connectivity index (χ3v) is 13.1. The Hall–Kier alpha value is -0.530. The number of hydrogen-bond donors (Lipinski definition) is 0. The summed E-state index contributed by atoms with van der Waals surface area (Å²) in [5.74, 6) is 0. The van der Waals surface area contributed by atoms with Gasteiger partial charge < -0.3 is 24.8 Å². The van der Waals surface area contributed by atoms with Crippen molar-refractivity contribution in [1.82, 2.24) is 0 Å². The van der Waals surface area contributed by atoms with Gasteiger partial charge in [0.15, 0.2) is 0 Å². The van der Waals surface area contributed by atoms with Crippen LogP contribution in [0.4, 0.5) is 0 Å². The molecule has 0 saturated carbocycles. The molecule has 0 bridgehead atoms. The van der Waals surface area contributed by atoms with E-state index >= 15 is 0 Å². The van der Waals surface area contributed by atoms with E-state index in [1.807, 2.05) is 12.1 Å². The Bertz CT molecular complexity index is 987. The van der Waals surface area contributed by atoms with Gasteiger partial charge in [-0.2, -0.15) is 41.5 Å². The fourth-order valence-electron chi connectivity index (χ4n) is 3.75. The molecule has 0 nitrogen and oxygen atoms in total. The quantitative estimate of drug-likeness (QED) is 0.244. The molecule has 0 amide bonds. The van der Waals surface area contributed by atoms with Gasteiger partial charge in [-0.3, -0.25) is 0 Å². The first-order chi connectivity index (χ1) is 15.4. The summed E-state index contributed by atoms with van der Waals surface area (Å²) in [6.07, 6.45) is 1.03. The molecule has 0 heterocycles. The van der Waals surface area contributed by atoms with E-state index in [0.29, 0.717) is 0 Å². The molecule has 0 aliphatic heterocycles. The second-order valence-corrected chi connectivity index (χ2v) is 18.9. The van der Waals surface area contributed by atoms with Crippen molar-refractivity contribution in [2.45, 2.75) is 91.7 Å². The molecule has 0 unspecified atom stereocenters. The standard InChI is InChI=1S/C21H25.C6H7.C4H10Si.2ClH.Zr/c1-20(2,3)16-7-9-18-14(12-16)11-15-13-17(21(4,5)6)8-10-19(15)18;1-6-4-2-3-5-6;1-3-5-4-2;;;/h7-10,12H,11H2,1-6H3;2-5H,1H3;3-4H2,1-2H3;2*1H;/q2*-1;;;;+2/p-2. The maximum Gasteiger partial charge on any atom is -0.0635 e. The molecule has 1 aliphatic rings. The molecule has 0 radical (unpaired) electrons. The average molecular weight is 605 g/mol.